The van der Waals surface area contributed by atoms with Gasteiger partial charge in [0.05, 0.1) is 12.8 Å². The van der Waals surface area contributed by atoms with Crippen LogP contribution in [0.2, 0.25) is 0 Å². The molecule has 2 nitrogen and oxygen atoms in total. The van der Waals surface area contributed by atoms with E-state index in [4.69, 9.17) is 4.42 Å². The molecule has 0 unspecified atom stereocenters. The molecule has 0 aromatic carbocycles. The van der Waals surface area contributed by atoms with Crippen LogP contribution in [-0.4, -0.2) is 18.0 Å². The van der Waals surface area contributed by atoms with Gasteiger partial charge in [0.25, 0.3) is 0 Å². The Labute approximate surface area is 78.8 Å². The molecule has 0 aliphatic carbocycles. The summed E-state index contributed by atoms with van der Waals surface area (Å²) in [6.07, 6.45) is 4.01. The maximum Gasteiger partial charge on any atom is 0.117 e. The molecular formula is C11H15NO. The summed E-state index contributed by atoms with van der Waals surface area (Å²) in [5, 5.41) is 0. The lowest BCUT2D eigenvalue weighted by Crippen LogP contribution is -2.29. The number of hydrogen-bond donors (Lipinski definition) is 0. The second kappa shape index (κ2) is 3.79. The number of furan rings is 1. The van der Waals surface area contributed by atoms with E-state index in [1.165, 1.54) is 5.57 Å². The van der Waals surface area contributed by atoms with Crippen molar-refractivity contribution in [2.24, 2.45) is 0 Å². The molecule has 2 rings (SSSR count). The van der Waals surface area contributed by atoms with Crippen LogP contribution in [0.5, 0.6) is 0 Å². The van der Waals surface area contributed by atoms with Gasteiger partial charge in [-0.25, -0.2) is 0 Å². The first kappa shape index (κ1) is 8.57. The van der Waals surface area contributed by atoms with Crippen molar-refractivity contribution in [2.45, 2.75) is 19.4 Å². The third-order valence-corrected chi connectivity index (χ3v) is 2.52. The summed E-state index contributed by atoms with van der Waals surface area (Å²) in [6, 6.07) is 3.97. The van der Waals surface area contributed by atoms with Crippen LogP contribution in [-0.2, 0) is 6.54 Å². The molecule has 1 aromatic heterocycles. The monoisotopic (exact) mass is 177 g/mol. The van der Waals surface area contributed by atoms with Crippen molar-refractivity contribution < 1.29 is 4.42 Å². The van der Waals surface area contributed by atoms with Gasteiger partial charge in [-0.2, -0.15) is 0 Å². The molecule has 0 bridgehead atoms. The third kappa shape index (κ3) is 2.22. The zero-order valence-electron chi connectivity index (χ0n) is 7.83. The summed E-state index contributed by atoms with van der Waals surface area (Å²) in [6.45, 7) is 7.19. The van der Waals surface area contributed by atoms with Crippen LogP contribution in [0, 0.1) is 0 Å². The summed E-state index contributed by atoms with van der Waals surface area (Å²) >= 11 is 0. The molecule has 13 heavy (non-hydrogen) atoms. The average molecular weight is 177 g/mol. The number of piperidine rings is 1. The number of hydrogen-bond acceptors (Lipinski definition) is 2. The predicted octanol–water partition coefficient (Wildman–Crippen LogP) is 2.43. The smallest absolute Gasteiger partial charge is 0.117 e. The Hall–Kier alpha value is -1.02. The standard InChI is InChI=1S/C11H15NO/c1-10-4-6-12(7-5-10)9-11-3-2-8-13-11/h2-3,8H,1,4-7,9H2. The highest BCUT2D eigenvalue weighted by molar-refractivity contribution is 5.02. The van der Waals surface area contributed by atoms with E-state index in [0.717, 1.165) is 38.2 Å². The molecular weight excluding hydrogens is 162 g/mol. The van der Waals surface area contributed by atoms with Crippen LogP contribution in [0.3, 0.4) is 0 Å². The fourth-order valence-corrected chi connectivity index (χ4v) is 1.65. The van der Waals surface area contributed by atoms with Gasteiger partial charge in [-0.15, -0.1) is 0 Å². The second-order valence-electron chi connectivity index (χ2n) is 3.61. The summed E-state index contributed by atoms with van der Waals surface area (Å²) in [7, 11) is 0. The Bertz CT molecular complexity index is 266. The topological polar surface area (TPSA) is 16.4 Å². The minimum atomic E-state index is 0.945. The van der Waals surface area contributed by atoms with Crippen molar-refractivity contribution in [2.75, 3.05) is 13.1 Å². The quantitative estimate of drug-likeness (QED) is 0.645. The van der Waals surface area contributed by atoms with Crippen LogP contribution < -0.4 is 0 Å². The van der Waals surface area contributed by atoms with Gasteiger partial charge < -0.3 is 4.42 Å². The lowest BCUT2D eigenvalue weighted by molar-refractivity contribution is 0.229. The van der Waals surface area contributed by atoms with Crippen LogP contribution in [0.1, 0.15) is 18.6 Å². The van der Waals surface area contributed by atoms with Crippen molar-refractivity contribution in [1.29, 1.82) is 0 Å². The van der Waals surface area contributed by atoms with E-state index in [9.17, 15) is 0 Å². The van der Waals surface area contributed by atoms with E-state index >= 15 is 0 Å². The molecule has 1 saturated heterocycles. The zero-order chi connectivity index (χ0) is 9.10. The first-order chi connectivity index (χ1) is 6.34. The van der Waals surface area contributed by atoms with Gasteiger partial charge in [0.2, 0.25) is 0 Å². The molecule has 1 aromatic rings. The molecule has 70 valence electrons. The molecule has 1 aliphatic heterocycles. The minimum Gasteiger partial charge on any atom is -0.468 e. The highest BCUT2D eigenvalue weighted by Crippen LogP contribution is 2.16. The largest absolute Gasteiger partial charge is 0.468 e. The van der Waals surface area contributed by atoms with E-state index < -0.39 is 0 Å². The Morgan fingerprint density at radius 3 is 2.77 bits per heavy atom. The Morgan fingerprint density at radius 2 is 2.15 bits per heavy atom. The summed E-state index contributed by atoms with van der Waals surface area (Å²) in [5.74, 6) is 1.06. The number of likely N-dealkylation sites (tertiary alicyclic amines) is 1. The fraction of sp³-hybridized carbons (Fsp3) is 0.455. The van der Waals surface area contributed by atoms with Gasteiger partial charge in [0.1, 0.15) is 5.76 Å². The summed E-state index contributed by atoms with van der Waals surface area (Å²) in [5.41, 5.74) is 1.38. The Kier molecular flexibility index (Phi) is 2.50. The van der Waals surface area contributed by atoms with Crippen molar-refractivity contribution in [3.05, 3.63) is 36.3 Å². The zero-order valence-corrected chi connectivity index (χ0v) is 7.83. The number of nitrogens with zero attached hydrogens (tertiary/aromatic N) is 1. The van der Waals surface area contributed by atoms with E-state index in [2.05, 4.69) is 11.5 Å². The predicted molar refractivity (Wildman–Crippen MR) is 52.4 cm³/mol. The van der Waals surface area contributed by atoms with E-state index in [1.807, 2.05) is 12.1 Å². The molecule has 0 amide bonds. The Morgan fingerprint density at radius 1 is 1.38 bits per heavy atom. The molecule has 0 saturated carbocycles. The van der Waals surface area contributed by atoms with Crippen molar-refractivity contribution in [3.63, 3.8) is 0 Å². The lowest BCUT2D eigenvalue weighted by Gasteiger charge is -2.26. The maximum absolute atomic E-state index is 5.30. The molecule has 0 radical (unpaired) electrons. The molecule has 2 heteroatoms. The van der Waals surface area contributed by atoms with Crippen LogP contribution in [0.15, 0.2) is 35.0 Å². The lowest BCUT2D eigenvalue weighted by atomic mass is 10.1. The van der Waals surface area contributed by atoms with Gasteiger partial charge in [-0.1, -0.05) is 12.2 Å². The molecule has 1 aliphatic rings. The molecule has 0 N–H and O–H groups in total. The van der Waals surface area contributed by atoms with Crippen LogP contribution >= 0.6 is 0 Å². The normalized spacial score (nSPS) is 19.2. The van der Waals surface area contributed by atoms with Gasteiger partial charge in [-0.3, -0.25) is 4.90 Å². The highest BCUT2D eigenvalue weighted by atomic mass is 16.3. The van der Waals surface area contributed by atoms with Gasteiger partial charge >= 0.3 is 0 Å². The van der Waals surface area contributed by atoms with Gasteiger partial charge in [0, 0.05) is 13.1 Å². The maximum atomic E-state index is 5.30. The SMILES string of the molecule is C=C1CCN(Cc2ccco2)CC1. The first-order valence-corrected chi connectivity index (χ1v) is 4.76. The second-order valence-corrected chi connectivity index (χ2v) is 3.61. The molecule has 0 atom stereocenters. The summed E-state index contributed by atoms with van der Waals surface area (Å²) in [4.78, 5) is 2.41. The van der Waals surface area contributed by atoms with Crippen molar-refractivity contribution >= 4 is 0 Å². The van der Waals surface area contributed by atoms with Crippen molar-refractivity contribution in [1.82, 2.24) is 4.90 Å². The Balaban J connectivity index is 1.86. The highest BCUT2D eigenvalue weighted by Gasteiger charge is 2.13. The molecule has 0 spiro atoms. The van der Waals surface area contributed by atoms with Crippen LogP contribution in [0.4, 0.5) is 0 Å². The van der Waals surface area contributed by atoms with Crippen molar-refractivity contribution in [3.8, 4) is 0 Å². The van der Waals surface area contributed by atoms with E-state index in [0.29, 0.717) is 0 Å². The van der Waals surface area contributed by atoms with E-state index in [1.54, 1.807) is 6.26 Å². The third-order valence-electron chi connectivity index (χ3n) is 2.52. The fourth-order valence-electron chi connectivity index (χ4n) is 1.65. The molecule has 1 fully saturated rings. The van der Waals surface area contributed by atoms with Crippen LogP contribution in [0.25, 0.3) is 0 Å². The number of rotatable bonds is 2. The van der Waals surface area contributed by atoms with Gasteiger partial charge in [-0.05, 0) is 25.0 Å². The van der Waals surface area contributed by atoms with E-state index in [-0.39, 0.29) is 0 Å². The average Bonchev–Trinajstić information content (AvgIpc) is 2.62. The summed E-state index contributed by atoms with van der Waals surface area (Å²) < 4.78 is 5.30. The molecule has 2 heterocycles. The minimum absolute atomic E-state index is 0.945. The van der Waals surface area contributed by atoms with Gasteiger partial charge in [0.15, 0.2) is 0 Å². The first-order valence-electron chi connectivity index (χ1n) is 4.76.